The molecular weight excluding hydrogens is 198 g/mol. The van der Waals surface area contributed by atoms with Crippen molar-refractivity contribution in [2.45, 2.75) is 6.92 Å². The summed E-state index contributed by atoms with van der Waals surface area (Å²) in [5.41, 5.74) is 5.21. The van der Waals surface area contributed by atoms with Crippen LogP contribution in [0.4, 0.5) is 11.5 Å². The number of nitrogens with two attached hydrogens (primary N) is 1. The Bertz CT molecular complexity index is 390. The molecule has 0 aliphatic heterocycles. The largest absolute Gasteiger partial charge is 0.469 e. The van der Waals surface area contributed by atoms with E-state index in [2.05, 4.69) is 4.98 Å². The summed E-state index contributed by atoms with van der Waals surface area (Å²) in [5, 5.41) is 10.6. The zero-order valence-corrected chi connectivity index (χ0v) is 8.21. The average molecular weight is 209 g/mol. The van der Waals surface area contributed by atoms with Gasteiger partial charge in [-0.3, -0.25) is 10.1 Å². The molecule has 1 heterocycles. The van der Waals surface area contributed by atoms with Gasteiger partial charge in [-0.05, 0) is 13.0 Å². The Hall–Kier alpha value is -2.11. The molecule has 1 aromatic rings. The number of pyridine rings is 1. The van der Waals surface area contributed by atoms with Gasteiger partial charge in [-0.1, -0.05) is 12.2 Å². The Morgan fingerprint density at radius 2 is 2.40 bits per heavy atom. The molecule has 0 aliphatic carbocycles. The van der Waals surface area contributed by atoms with Crippen molar-refractivity contribution in [2.75, 3.05) is 12.3 Å². The van der Waals surface area contributed by atoms with Gasteiger partial charge < -0.3 is 10.5 Å². The van der Waals surface area contributed by atoms with E-state index in [1.807, 2.05) is 6.92 Å². The molecule has 0 fully saturated rings. The first kappa shape index (κ1) is 11.0. The first-order valence-corrected chi connectivity index (χ1v) is 4.30. The molecule has 1 rings (SSSR count). The first-order valence-electron chi connectivity index (χ1n) is 4.30. The molecule has 0 saturated heterocycles. The average Bonchev–Trinajstić information content (AvgIpc) is 2.18. The van der Waals surface area contributed by atoms with Crippen LogP contribution in [0.5, 0.6) is 5.88 Å². The molecule has 6 heteroatoms. The second-order valence-corrected chi connectivity index (χ2v) is 2.70. The maximum absolute atomic E-state index is 10.6. The summed E-state index contributed by atoms with van der Waals surface area (Å²) in [6.45, 7) is 2.05. The number of nitrogen functional groups attached to an aromatic ring is 1. The van der Waals surface area contributed by atoms with Crippen molar-refractivity contribution in [3.8, 4) is 5.88 Å². The molecule has 0 bridgehead atoms. The number of allylic oxidation sites excluding steroid dienone is 1. The highest BCUT2D eigenvalue weighted by Gasteiger charge is 2.16. The molecule has 2 N–H and O–H groups in total. The van der Waals surface area contributed by atoms with Crippen molar-refractivity contribution < 1.29 is 9.66 Å². The standard InChI is InChI=1S/C9H11N3O3/c1-2-3-6-15-9-7(12(13)14)4-5-8(10)11-9/h2-5H,6H2,1H3,(H2,10,11)/b3-2+. The number of hydrogen-bond acceptors (Lipinski definition) is 5. The lowest BCUT2D eigenvalue weighted by Crippen LogP contribution is -2.02. The maximum atomic E-state index is 10.6. The van der Waals surface area contributed by atoms with E-state index in [-0.39, 0.29) is 24.0 Å². The van der Waals surface area contributed by atoms with Crippen molar-refractivity contribution in [1.29, 1.82) is 0 Å². The molecule has 0 atom stereocenters. The van der Waals surface area contributed by atoms with Crippen LogP contribution < -0.4 is 10.5 Å². The Balaban J connectivity index is 2.91. The third-order valence-electron chi connectivity index (χ3n) is 1.61. The van der Waals surface area contributed by atoms with E-state index in [4.69, 9.17) is 10.5 Å². The molecule has 0 amide bonds. The number of ether oxygens (including phenoxy) is 1. The normalized spacial score (nSPS) is 10.5. The predicted octanol–water partition coefficient (Wildman–Crippen LogP) is 1.53. The van der Waals surface area contributed by atoms with E-state index in [9.17, 15) is 10.1 Å². The van der Waals surface area contributed by atoms with Crippen LogP contribution in [0.3, 0.4) is 0 Å². The second-order valence-electron chi connectivity index (χ2n) is 2.70. The third kappa shape index (κ3) is 2.94. The summed E-state index contributed by atoms with van der Waals surface area (Å²) >= 11 is 0. The number of rotatable bonds is 4. The molecule has 15 heavy (non-hydrogen) atoms. The first-order chi connectivity index (χ1) is 7.15. The maximum Gasteiger partial charge on any atom is 0.331 e. The van der Waals surface area contributed by atoms with Gasteiger partial charge in [-0.2, -0.15) is 4.98 Å². The Morgan fingerprint density at radius 3 is 3.00 bits per heavy atom. The van der Waals surface area contributed by atoms with Crippen molar-refractivity contribution in [3.05, 3.63) is 34.4 Å². The van der Waals surface area contributed by atoms with Crippen LogP contribution in [0.15, 0.2) is 24.3 Å². The van der Waals surface area contributed by atoms with Crippen LogP contribution in [-0.4, -0.2) is 16.5 Å². The van der Waals surface area contributed by atoms with Crippen LogP contribution in [0.1, 0.15) is 6.92 Å². The topological polar surface area (TPSA) is 91.3 Å². The highest BCUT2D eigenvalue weighted by molar-refractivity contribution is 5.46. The minimum atomic E-state index is -0.558. The zero-order valence-electron chi connectivity index (χ0n) is 8.21. The van der Waals surface area contributed by atoms with Crippen molar-refractivity contribution in [2.24, 2.45) is 0 Å². The predicted molar refractivity (Wildman–Crippen MR) is 55.6 cm³/mol. The molecule has 0 spiro atoms. The van der Waals surface area contributed by atoms with Gasteiger partial charge in [-0.15, -0.1) is 0 Å². The number of anilines is 1. The van der Waals surface area contributed by atoms with Gasteiger partial charge in [0.25, 0.3) is 5.88 Å². The minimum absolute atomic E-state index is 0.0573. The van der Waals surface area contributed by atoms with E-state index in [1.165, 1.54) is 12.1 Å². The van der Waals surface area contributed by atoms with Crippen molar-refractivity contribution >= 4 is 11.5 Å². The van der Waals surface area contributed by atoms with E-state index >= 15 is 0 Å². The van der Waals surface area contributed by atoms with E-state index in [0.29, 0.717) is 0 Å². The monoisotopic (exact) mass is 209 g/mol. The Morgan fingerprint density at radius 1 is 1.67 bits per heavy atom. The van der Waals surface area contributed by atoms with Gasteiger partial charge in [0.05, 0.1) is 4.92 Å². The fourth-order valence-corrected chi connectivity index (χ4v) is 0.916. The minimum Gasteiger partial charge on any atom is -0.469 e. The highest BCUT2D eigenvalue weighted by atomic mass is 16.6. The zero-order chi connectivity index (χ0) is 11.3. The van der Waals surface area contributed by atoms with Crippen LogP contribution in [0.2, 0.25) is 0 Å². The molecule has 0 aliphatic rings. The number of hydrogen-bond donors (Lipinski definition) is 1. The van der Waals surface area contributed by atoms with Crippen molar-refractivity contribution in [1.82, 2.24) is 4.98 Å². The van der Waals surface area contributed by atoms with Crippen LogP contribution >= 0.6 is 0 Å². The van der Waals surface area contributed by atoms with Crippen molar-refractivity contribution in [3.63, 3.8) is 0 Å². The summed E-state index contributed by atoms with van der Waals surface area (Å²) in [6, 6.07) is 2.63. The molecule has 0 saturated carbocycles. The number of nitrogens with zero attached hydrogens (tertiary/aromatic N) is 2. The van der Waals surface area contributed by atoms with Gasteiger partial charge in [-0.25, -0.2) is 0 Å². The molecule has 6 nitrogen and oxygen atoms in total. The second kappa shape index (κ2) is 4.94. The Kier molecular flexibility index (Phi) is 3.61. The highest BCUT2D eigenvalue weighted by Crippen LogP contribution is 2.24. The van der Waals surface area contributed by atoms with Gasteiger partial charge >= 0.3 is 5.69 Å². The summed E-state index contributed by atoms with van der Waals surface area (Å²) in [5.74, 6) is 0.133. The van der Waals surface area contributed by atoms with E-state index in [0.717, 1.165) is 0 Å². The molecule has 0 aromatic carbocycles. The fourth-order valence-electron chi connectivity index (χ4n) is 0.916. The SMILES string of the molecule is C/C=C/COc1nc(N)ccc1[N+](=O)[O-]. The molecular formula is C9H11N3O3. The van der Waals surface area contributed by atoms with E-state index < -0.39 is 4.92 Å². The summed E-state index contributed by atoms with van der Waals surface area (Å²) in [7, 11) is 0. The molecule has 80 valence electrons. The fraction of sp³-hybridized carbons (Fsp3) is 0.222. The summed E-state index contributed by atoms with van der Waals surface area (Å²) in [6.07, 6.45) is 3.49. The molecule has 0 unspecified atom stereocenters. The van der Waals surface area contributed by atoms with Crippen LogP contribution in [0, 0.1) is 10.1 Å². The lowest BCUT2D eigenvalue weighted by Gasteiger charge is -2.03. The van der Waals surface area contributed by atoms with Crippen LogP contribution in [0.25, 0.3) is 0 Å². The Labute approximate surface area is 86.5 Å². The molecule has 1 aromatic heterocycles. The summed E-state index contributed by atoms with van der Waals surface area (Å²) < 4.78 is 5.10. The summed E-state index contributed by atoms with van der Waals surface area (Å²) in [4.78, 5) is 13.8. The van der Waals surface area contributed by atoms with Crippen LogP contribution in [-0.2, 0) is 0 Å². The number of aromatic nitrogens is 1. The third-order valence-corrected chi connectivity index (χ3v) is 1.61. The van der Waals surface area contributed by atoms with Gasteiger partial charge in [0.2, 0.25) is 0 Å². The lowest BCUT2D eigenvalue weighted by molar-refractivity contribution is -0.386. The smallest absolute Gasteiger partial charge is 0.331 e. The van der Waals surface area contributed by atoms with E-state index in [1.54, 1.807) is 12.2 Å². The quantitative estimate of drug-likeness (QED) is 0.461. The van der Waals surface area contributed by atoms with Gasteiger partial charge in [0, 0.05) is 6.07 Å². The van der Waals surface area contributed by atoms with Gasteiger partial charge in [0.1, 0.15) is 12.4 Å². The lowest BCUT2D eigenvalue weighted by atomic mass is 10.4. The van der Waals surface area contributed by atoms with Gasteiger partial charge in [0.15, 0.2) is 0 Å². The number of nitro groups is 1. The molecule has 0 radical (unpaired) electrons.